The fraction of sp³-hybridized carbons (Fsp3) is 0.750. The molecule has 0 aliphatic carbocycles. The molecule has 0 saturated carbocycles. The van der Waals surface area contributed by atoms with E-state index in [-0.39, 0.29) is 5.41 Å². The quantitative estimate of drug-likeness (QED) is 0.598. The van der Waals surface area contributed by atoms with Crippen LogP contribution in [0.2, 0.25) is 0 Å². The van der Waals surface area contributed by atoms with Crippen LogP contribution in [-0.4, -0.2) is 11.7 Å². The highest BCUT2D eigenvalue weighted by Gasteiger charge is 2.15. The lowest BCUT2D eigenvalue weighted by Gasteiger charge is -2.22. The van der Waals surface area contributed by atoms with Crippen LogP contribution >= 0.6 is 0 Å². The predicted octanol–water partition coefficient (Wildman–Crippen LogP) is 4.87. The van der Waals surface area contributed by atoms with Crippen molar-refractivity contribution in [3.05, 3.63) is 23.3 Å². The average molecular weight is 238 g/mol. The van der Waals surface area contributed by atoms with Gasteiger partial charge in [0, 0.05) is 6.61 Å². The van der Waals surface area contributed by atoms with Crippen LogP contribution in [0.5, 0.6) is 0 Å². The molecule has 0 aromatic heterocycles. The van der Waals surface area contributed by atoms with Gasteiger partial charge in [-0.15, -0.1) is 0 Å². The van der Waals surface area contributed by atoms with Crippen molar-refractivity contribution in [2.45, 2.75) is 66.7 Å². The molecule has 0 fully saturated rings. The van der Waals surface area contributed by atoms with Gasteiger partial charge in [-0.3, -0.25) is 0 Å². The molecule has 100 valence electrons. The Morgan fingerprint density at radius 1 is 1.00 bits per heavy atom. The van der Waals surface area contributed by atoms with Crippen LogP contribution in [0.15, 0.2) is 23.3 Å². The molecule has 0 amide bonds. The molecule has 0 bridgehead atoms. The van der Waals surface area contributed by atoms with Gasteiger partial charge in [-0.25, -0.2) is 0 Å². The Morgan fingerprint density at radius 2 is 1.65 bits per heavy atom. The smallest absolute Gasteiger partial charge is 0.0436 e. The number of aliphatic hydroxyl groups excluding tert-OH is 1. The molecule has 0 aliphatic rings. The first-order valence-corrected chi connectivity index (χ1v) is 6.77. The van der Waals surface area contributed by atoms with Crippen molar-refractivity contribution in [2.75, 3.05) is 6.61 Å². The second-order valence-electron chi connectivity index (χ2n) is 6.05. The lowest BCUT2D eigenvalue weighted by molar-refractivity contribution is 0.203. The molecular formula is C16H30O. The van der Waals surface area contributed by atoms with E-state index < -0.39 is 0 Å². The number of hydrogen-bond donors (Lipinski definition) is 1. The largest absolute Gasteiger partial charge is 0.396 e. The molecule has 0 aromatic carbocycles. The van der Waals surface area contributed by atoms with Gasteiger partial charge in [0.15, 0.2) is 0 Å². The molecule has 0 spiro atoms. The standard InChI is InChI=1S/C16H30O/c1-14(2)8-6-9-15(3)10-7-11-16(4,5)12-13-17/h8,10,17H,6-7,9,11-13H2,1-5H3/b15-10+. The second-order valence-corrected chi connectivity index (χ2v) is 6.05. The van der Waals surface area contributed by atoms with Gasteiger partial charge in [0.2, 0.25) is 0 Å². The Hall–Kier alpha value is -0.560. The van der Waals surface area contributed by atoms with Crippen molar-refractivity contribution < 1.29 is 5.11 Å². The first kappa shape index (κ1) is 16.4. The monoisotopic (exact) mass is 238 g/mol. The highest BCUT2D eigenvalue weighted by Crippen LogP contribution is 2.26. The number of rotatable bonds is 8. The third-order valence-electron chi connectivity index (χ3n) is 3.19. The molecule has 1 nitrogen and oxygen atoms in total. The van der Waals surface area contributed by atoms with Crippen LogP contribution in [0.1, 0.15) is 66.7 Å². The van der Waals surface area contributed by atoms with Crippen molar-refractivity contribution in [1.29, 1.82) is 0 Å². The molecule has 0 saturated heterocycles. The minimum atomic E-state index is 0.269. The Balaban J connectivity index is 3.87. The third-order valence-corrected chi connectivity index (χ3v) is 3.19. The molecule has 0 atom stereocenters. The van der Waals surface area contributed by atoms with E-state index in [4.69, 9.17) is 5.11 Å². The summed E-state index contributed by atoms with van der Waals surface area (Å²) in [5.74, 6) is 0. The molecule has 0 radical (unpaired) electrons. The molecule has 1 N–H and O–H groups in total. The van der Waals surface area contributed by atoms with E-state index in [1.54, 1.807) is 0 Å². The van der Waals surface area contributed by atoms with E-state index in [0.29, 0.717) is 6.61 Å². The van der Waals surface area contributed by atoms with Crippen molar-refractivity contribution in [1.82, 2.24) is 0 Å². The summed E-state index contributed by atoms with van der Waals surface area (Å²) in [5, 5.41) is 8.96. The zero-order chi connectivity index (χ0) is 13.3. The first-order chi connectivity index (χ1) is 7.87. The lowest BCUT2D eigenvalue weighted by atomic mass is 9.84. The maximum atomic E-state index is 8.96. The van der Waals surface area contributed by atoms with Crippen molar-refractivity contribution in [2.24, 2.45) is 5.41 Å². The van der Waals surface area contributed by atoms with Gasteiger partial charge in [-0.05, 0) is 58.3 Å². The minimum Gasteiger partial charge on any atom is -0.396 e. The van der Waals surface area contributed by atoms with E-state index in [9.17, 15) is 0 Å². The van der Waals surface area contributed by atoms with Crippen LogP contribution in [0, 0.1) is 5.41 Å². The van der Waals surface area contributed by atoms with Gasteiger partial charge in [0.1, 0.15) is 0 Å². The van der Waals surface area contributed by atoms with Crippen molar-refractivity contribution >= 4 is 0 Å². The summed E-state index contributed by atoms with van der Waals surface area (Å²) in [5.41, 5.74) is 3.16. The number of aliphatic hydroxyl groups is 1. The summed E-state index contributed by atoms with van der Waals surface area (Å²) in [4.78, 5) is 0. The van der Waals surface area contributed by atoms with Crippen LogP contribution in [0.3, 0.4) is 0 Å². The molecule has 0 aliphatic heterocycles. The zero-order valence-electron chi connectivity index (χ0n) is 12.3. The maximum absolute atomic E-state index is 8.96. The maximum Gasteiger partial charge on any atom is 0.0436 e. The summed E-state index contributed by atoms with van der Waals surface area (Å²) in [6.07, 6.45) is 10.2. The predicted molar refractivity (Wildman–Crippen MR) is 77.1 cm³/mol. The van der Waals surface area contributed by atoms with Gasteiger partial charge in [0.05, 0.1) is 0 Å². The van der Waals surface area contributed by atoms with Crippen LogP contribution in [0.25, 0.3) is 0 Å². The van der Waals surface area contributed by atoms with Crippen molar-refractivity contribution in [3.8, 4) is 0 Å². The van der Waals surface area contributed by atoms with Crippen LogP contribution in [0.4, 0.5) is 0 Å². The minimum absolute atomic E-state index is 0.269. The van der Waals surface area contributed by atoms with Crippen molar-refractivity contribution in [3.63, 3.8) is 0 Å². The molecule has 0 unspecified atom stereocenters. The highest BCUT2D eigenvalue weighted by atomic mass is 16.3. The highest BCUT2D eigenvalue weighted by molar-refractivity contribution is 5.02. The Kier molecular flexibility index (Phi) is 8.24. The molecular weight excluding hydrogens is 208 g/mol. The SMILES string of the molecule is CC(C)=CCC/C(C)=C/CCC(C)(C)CCO. The average Bonchev–Trinajstić information content (AvgIpc) is 2.16. The fourth-order valence-electron chi connectivity index (χ4n) is 1.83. The molecule has 1 heteroatoms. The van der Waals surface area contributed by atoms with E-state index in [2.05, 4.69) is 46.8 Å². The van der Waals surface area contributed by atoms with Gasteiger partial charge in [-0.2, -0.15) is 0 Å². The first-order valence-electron chi connectivity index (χ1n) is 6.77. The molecule has 0 heterocycles. The topological polar surface area (TPSA) is 20.2 Å². The van der Waals surface area contributed by atoms with Crippen LogP contribution in [-0.2, 0) is 0 Å². The van der Waals surface area contributed by atoms with E-state index in [1.807, 2.05) is 0 Å². The van der Waals surface area contributed by atoms with Crippen LogP contribution < -0.4 is 0 Å². The lowest BCUT2D eigenvalue weighted by Crippen LogP contribution is -2.12. The van der Waals surface area contributed by atoms with Gasteiger partial charge in [-0.1, -0.05) is 37.1 Å². The summed E-state index contributed by atoms with van der Waals surface area (Å²) in [6, 6.07) is 0. The Bertz CT molecular complexity index is 255. The fourth-order valence-corrected chi connectivity index (χ4v) is 1.83. The second kappa shape index (κ2) is 8.52. The summed E-state index contributed by atoms with van der Waals surface area (Å²) < 4.78 is 0. The number of hydrogen-bond acceptors (Lipinski definition) is 1. The summed E-state index contributed by atoms with van der Waals surface area (Å²) in [6.45, 7) is 11.3. The van der Waals surface area contributed by atoms with Gasteiger partial charge < -0.3 is 5.11 Å². The summed E-state index contributed by atoms with van der Waals surface area (Å²) in [7, 11) is 0. The van der Waals surface area contributed by atoms with E-state index >= 15 is 0 Å². The molecule has 0 rings (SSSR count). The Morgan fingerprint density at radius 3 is 2.18 bits per heavy atom. The molecule has 0 aromatic rings. The van der Waals surface area contributed by atoms with E-state index in [0.717, 1.165) is 25.7 Å². The normalized spacial score (nSPS) is 12.7. The number of allylic oxidation sites excluding steroid dienone is 4. The van der Waals surface area contributed by atoms with Gasteiger partial charge in [0.25, 0.3) is 0 Å². The molecule has 17 heavy (non-hydrogen) atoms. The zero-order valence-corrected chi connectivity index (χ0v) is 12.3. The summed E-state index contributed by atoms with van der Waals surface area (Å²) >= 11 is 0. The third kappa shape index (κ3) is 10.3. The van der Waals surface area contributed by atoms with E-state index in [1.165, 1.54) is 17.6 Å². The Labute approximate surface area is 108 Å². The van der Waals surface area contributed by atoms with Gasteiger partial charge >= 0.3 is 0 Å².